The predicted octanol–water partition coefficient (Wildman–Crippen LogP) is 5.08. The summed E-state index contributed by atoms with van der Waals surface area (Å²) in [4.78, 5) is 28.4. The minimum Gasteiger partial charge on any atom is -0.493 e. The average molecular weight is 523 g/mol. The quantitative estimate of drug-likeness (QED) is 0.232. The number of rotatable bonds is 8. The maximum Gasteiger partial charge on any atom is 0.325 e. The topological polar surface area (TPSA) is 68.3 Å². The third-order valence-electron chi connectivity index (χ3n) is 5.46. The molecule has 0 unspecified atom stereocenters. The molecule has 184 valence electrons. The van der Waals surface area contributed by atoms with Crippen molar-refractivity contribution in [2.45, 2.75) is 6.61 Å². The smallest absolute Gasteiger partial charge is 0.325 e. The van der Waals surface area contributed by atoms with E-state index in [4.69, 9.17) is 38.0 Å². The van der Waals surface area contributed by atoms with Crippen LogP contribution in [0.25, 0.3) is 6.08 Å². The molecule has 0 saturated carbocycles. The summed E-state index contributed by atoms with van der Waals surface area (Å²) >= 11 is 11.6. The van der Waals surface area contributed by atoms with Gasteiger partial charge in [-0.05, 0) is 65.8 Å². The Balaban J connectivity index is 1.65. The second kappa shape index (κ2) is 11.2. The number of halogens is 1. The van der Waals surface area contributed by atoms with Crippen LogP contribution in [0, 0.1) is 0 Å². The highest BCUT2D eigenvalue weighted by molar-refractivity contribution is 7.80. The molecule has 36 heavy (non-hydrogen) atoms. The van der Waals surface area contributed by atoms with Crippen LogP contribution in [-0.2, 0) is 20.9 Å². The highest BCUT2D eigenvalue weighted by Crippen LogP contribution is 2.33. The Morgan fingerprint density at radius 2 is 1.72 bits per heavy atom. The van der Waals surface area contributed by atoms with Gasteiger partial charge in [0.05, 0.1) is 19.9 Å². The molecule has 3 aromatic carbocycles. The summed E-state index contributed by atoms with van der Waals surface area (Å²) in [6, 6.07) is 21.8. The molecule has 7 nitrogen and oxygen atoms in total. The van der Waals surface area contributed by atoms with Crippen LogP contribution in [-0.4, -0.2) is 42.7 Å². The molecule has 0 spiro atoms. The molecule has 9 heteroatoms. The Hall–Kier alpha value is -3.88. The van der Waals surface area contributed by atoms with E-state index in [0.29, 0.717) is 34.4 Å². The molecule has 0 bridgehead atoms. The first-order valence-electron chi connectivity index (χ1n) is 11.0. The van der Waals surface area contributed by atoms with E-state index in [1.807, 2.05) is 30.3 Å². The van der Waals surface area contributed by atoms with Crippen molar-refractivity contribution in [3.63, 3.8) is 0 Å². The number of ether oxygens (including phenoxy) is 3. The van der Waals surface area contributed by atoms with Crippen LogP contribution in [0.15, 0.2) is 78.5 Å². The number of carbonyl (C=O) groups excluding carboxylic acids is 2. The second-order valence-electron chi connectivity index (χ2n) is 7.78. The number of thiocarbonyl (C=S) groups is 1. The molecule has 1 saturated heterocycles. The fourth-order valence-electron chi connectivity index (χ4n) is 3.63. The lowest BCUT2D eigenvalue weighted by atomic mass is 10.1. The molecule has 1 aliphatic heterocycles. The minimum absolute atomic E-state index is 0.161. The zero-order valence-electron chi connectivity index (χ0n) is 19.6. The first-order valence-corrected chi connectivity index (χ1v) is 11.7. The number of hydrogen-bond donors (Lipinski definition) is 0. The normalized spacial score (nSPS) is 14.4. The van der Waals surface area contributed by atoms with Crippen molar-refractivity contribution in [2.75, 3.05) is 25.7 Å². The molecule has 0 radical (unpaired) electrons. The first-order chi connectivity index (χ1) is 17.4. The summed E-state index contributed by atoms with van der Waals surface area (Å²) in [5.41, 5.74) is 2.45. The van der Waals surface area contributed by atoms with Gasteiger partial charge in [0.15, 0.2) is 16.6 Å². The van der Waals surface area contributed by atoms with Gasteiger partial charge in [-0.3, -0.25) is 14.5 Å². The van der Waals surface area contributed by atoms with Gasteiger partial charge < -0.3 is 19.1 Å². The minimum atomic E-state index is -0.531. The molecule has 0 atom stereocenters. The van der Waals surface area contributed by atoms with Crippen LogP contribution < -0.4 is 14.4 Å². The number of hydrogen-bond acceptors (Lipinski definition) is 6. The molecule has 0 aromatic heterocycles. The molecular formula is C27H23ClN2O5S. The van der Waals surface area contributed by atoms with Gasteiger partial charge in [-0.2, -0.15) is 0 Å². The van der Waals surface area contributed by atoms with Crippen LogP contribution in [0.4, 0.5) is 5.69 Å². The third-order valence-corrected chi connectivity index (χ3v) is 6.12. The zero-order valence-corrected chi connectivity index (χ0v) is 21.2. The molecule has 1 fully saturated rings. The Kier molecular flexibility index (Phi) is 7.87. The predicted molar refractivity (Wildman–Crippen MR) is 142 cm³/mol. The van der Waals surface area contributed by atoms with Crippen LogP contribution in [0.1, 0.15) is 11.1 Å². The molecule has 1 amide bonds. The van der Waals surface area contributed by atoms with Gasteiger partial charge in [-0.1, -0.05) is 48.0 Å². The van der Waals surface area contributed by atoms with Gasteiger partial charge in [0, 0.05) is 5.02 Å². The van der Waals surface area contributed by atoms with E-state index in [1.165, 1.54) is 16.9 Å². The number of anilines is 1. The number of benzene rings is 3. The van der Waals surface area contributed by atoms with E-state index in [0.717, 1.165) is 5.56 Å². The van der Waals surface area contributed by atoms with Crippen LogP contribution in [0.3, 0.4) is 0 Å². The second-order valence-corrected chi connectivity index (χ2v) is 8.58. The van der Waals surface area contributed by atoms with Crippen LogP contribution in [0.2, 0.25) is 5.02 Å². The van der Waals surface area contributed by atoms with Crippen molar-refractivity contribution in [1.82, 2.24) is 4.90 Å². The molecule has 1 heterocycles. The van der Waals surface area contributed by atoms with Crippen molar-refractivity contribution in [2.24, 2.45) is 0 Å². The largest absolute Gasteiger partial charge is 0.493 e. The highest BCUT2D eigenvalue weighted by atomic mass is 35.5. The zero-order chi connectivity index (χ0) is 25.7. The Bertz CT molecular complexity index is 1310. The highest BCUT2D eigenvalue weighted by Gasteiger charge is 2.40. The monoisotopic (exact) mass is 522 g/mol. The average Bonchev–Trinajstić information content (AvgIpc) is 3.12. The molecule has 0 aliphatic carbocycles. The summed E-state index contributed by atoms with van der Waals surface area (Å²) < 4.78 is 16.3. The Morgan fingerprint density at radius 1 is 1.00 bits per heavy atom. The lowest BCUT2D eigenvalue weighted by Crippen LogP contribution is -2.35. The molecule has 0 N–H and O–H groups in total. The summed E-state index contributed by atoms with van der Waals surface area (Å²) in [6.07, 6.45) is 1.65. The molecule has 4 rings (SSSR count). The summed E-state index contributed by atoms with van der Waals surface area (Å²) in [5, 5.41) is 0.689. The Morgan fingerprint density at radius 3 is 2.39 bits per heavy atom. The van der Waals surface area contributed by atoms with Gasteiger partial charge >= 0.3 is 5.97 Å². The van der Waals surface area contributed by atoms with Crippen molar-refractivity contribution >= 4 is 52.6 Å². The molecule has 3 aromatic rings. The third kappa shape index (κ3) is 5.50. The first kappa shape index (κ1) is 25.2. The van der Waals surface area contributed by atoms with E-state index in [-0.39, 0.29) is 23.3 Å². The van der Waals surface area contributed by atoms with Crippen LogP contribution in [0.5, 0.6) is 11.5 Å². The molecular weight excluding hydrogens is 500 g/mol. The number of nitrogens with zero attached hydrogens (tertiary/aromatic N) is 2. The fraction of sp³-hybridized carbons (Fsp3) is 0.148. The SMILES string of the molecule is COC(=O)CN1C(=S)N(c2ccc(Cl)cc2)C(=O)/C1=C/c1ccc(OCc2ccccc2)c(OC)c1. The number of esters is 1. The fourth-order valence-corrected chi connectivity index (χ4v) is 4.11. The van der Waals surface area contributed by atoms with Crippen LogP contribution >= 0.6 is 23.8 Å². The van der Waals surface area contributed by atoms with E-state index in [2.05, 4.69) is 0 Å². The van der Waals surface area contributed by atoms with Crippen molar-refractivity contribution in [1.29, 1.82) is 0 Å². The van der Waals surface area contributed by atoms with Crippen molar-refractivity contribution < 1.29 is 23.8 Å². The standard InChI is InChI=1S/C27H23ClN2O5S/c1-33-24-15-19(8-13-23(24)35-17-18-6-4-3-5-7-18)14-22-26(32)30(21-11-9-20(28)10-12-21)27(36)29(22)16-25(31)34-2/h3-15H,16-17H2,1-2H3/b22-14-. The van der Waals surface area contributed by atoms with E-state index in [9.17, 15) is 9.59 Å². The lowest BCUT2D eigenvalue weighted by Gasteiger charge is -2.19. The summed E-state index contributed by atoms with van der Waals surface area (Å²) in [6.45, 7) is 0.166. The maximum absolute atomic E-state index is 13.5. The van der Waals surface area contributed by atoms with Crippen molar-refractivity contribution in [3.8, 4) is 11.5 Å². The van der Waals surface area contributed by atoms with E-state index < -0.39 is 5.97 Å². The summed E-state index contributed by atoms with van der Waals surface area (Å²) in [5.74, 6) is 0.152. The van der Waals surface area contributed by atoms with Gasteiger partial charge in [0.2, 0.25) is 0 Å². The number of amides is 1. The lowest BCUT2D eigenvalue weighted by molar-refractivity contribution is -0.140. The van der Waals surface area contributed by atoms with Gasteiger partial charge in [0.1, 0.15) is 18.8 Å². The Labute approximate surface area is 219 Å². The molecule has 1 aliphatic rings. The maximum atomic E-state index is 13.5. The number of methoxy groups -OCH3 is 2. The van der Waals surface area contributed by atoms with Gasteiger partial charge in [-0.25, -0.2) is 0 Å². The van der Waals surface area contributed by atoms with Gasteiger partial charge in [-0.15, -0.1) is 0 Å². The van der Waals surface area contributed by atoms with Crippen molar-refractivity contribution in [3.05, 3.63) is 94.6 Å². The summed E-state index contributed by atoms with van der Waals surface area (Å²) in [7, 11) is 2.83. The van der Waals surface area contributed by atoms with Gasteiger partial charge in [0.25, 0.3) is 5.91 Å². The van der Waals surface area contributed by atoms with E-state index in [1.54, 1.807) is 55.7 Å². The number of carbonyl (C=O) groups is 2. The van der Waals surface area contributed by atoms with E-state index >= 15 is 0 Å².